The van der Waals surface area contributed by atoms with Gasteiger partial charge in [-0.25, -0.2) is 9.97 Å². The van der Waals surface area contributed by atoms with Gasteiger partial charge in [0.1, 0.15) is 0 Å². The number of nitrogens with zero attached hydrogens (tertiary/aromatic N) is 4. The third-order valence-electron chi connectivity index (χ3n) is 3.67. The number of hydrogen-bond donors (Lipinski definition) is 2. The minimum Gasteiger partial charge on any atom is -0.353 e. The molecule has 0 radical (unpaired) electrons. The molecule has 1 amide bonds. The lowest BCUT2D eigenvalue weighted by Crippen LogP contribution is -2.22. The van der Waals surface area contributed by atoms with Gasteiger partial charge in [-0.3, -0.25) is 9.89 Å². The van der Waals surface area contributed by atoms with Crippen molar-refractivity contribution in [1.82, 2.24) is 25.5 Å². The maximum absolute atomic E-state index is 11.8. The van der Waals surface area contributed by atoms with E-state index >= 15 is 0 Å². The summed E-state index contributed by atoms with van der Waals surface area (Å²) < 4.78 is 0. The fourth-order valence-corrected chi connectivity index (χ4v) is 2.30. The number of aromatic nitrogens is 4. The van der Waals surface area contributed by atoms with E-state index in [0.717, 1.165) is 29.8 Å². The molecule has 7 nitrogen and oxygen atoms in total. The first-order chi connectivity index (χ1) is 11.5. The van der Waals surface area contributed by atoms with Crippen molar-refractivity contribution >= 4 is 17.9 Å². The highest BCUT2D eigenvalue weighted by atomic mass is 16.1. The molecule has 0 atom stereocenters. The Kier molecular flexibility index (Phi) is 6.06. The molecule has 0 saturated carbocycles. The highest BCUT2D eigenvalue weighted by Crippen LogP contribution is 2.11. The van der Waals surface area contributed by atoms with Crippen LogP contribution in [0.15, 0.2) is 18.5 Å². The molecule has 0 fully saturated rings. The predicted molar refractivity (Wildman–Crippen MR) is 94.8 cm³/mol. The number of aryl methyl sites for hydroxylation is 2. The van der Waals surface area contributed by atoms with Gasteiger partial charge in [-0.15, -0.1) is 0 Å². The van der Waals surface area contributed by atoms with Crippen LogP contribution in [0.1, 0.15) is 28.9 Å². The standard InChI is InChI=1S/C17H24N6O/c1-12-15(13(2)22-21-12)6-5-9-18-16(24)8-7-14-10-19-17(20-11-14)23(3)4/h7-8,10-11H,5-6,9H2,1-4H3,(H,18,24)(H,21,22)/b8-7+. The van der Waals surface area contributed by atoms with Crippen LogP contribution in [0.5, 0.6) is 0 Å². The van der Waals surface area contributed by atoms with Crippen molar-refractivity contribution in [2.24, 2.45) is 0 Å². The Morgan fingerprint density at radius 1 is 1.29 bits per heavy atom. The summed E-state index contributed by atoms with van der Waals surface area (Å²) in [5.41, 5.74) is 4.15. The van der Waals surface area contributed by atoms with E-state index in [1.807, 2.05) is 32.8 Å². The zero-order valence-electron chi connectivity index (χ0n) is 14.6. The number of nitrogens with one attached hydrogen (secondary N) is 2. The Labute approximate surface area is 142 Å². The van der Waals surface area contributed by atoms with Crippen molar-refractivity contribution in [1.29, 1.82) is 0 Å². The van der Waals surface area contributed by atoms with Crippen LogP contribution in [0, 0.1) is 13.8 Å². The first-order valence-corrected chi connectivity index (χ1v) is 7.93. The summed E-state index contributed by atoms with van der Waals surface area (Å²) in [6, 6.07) is 0. The van der Waals surface area contributed by atoms with Gasteiger partial charge in [-0.1, -0.05) is 0 Å². The second-order valence-electron chi connectivity index (χ2n) is 5.85. The van der Waals surface area contributed by atoms with E-state index in [4.69, 9.17) is 0 Å². The molecule has 2 heterocycles. The van der Waals surface area contributed by atoms with Crippen molar-refractivity contribution in [3.8, 4) is 0 Å². The molecule has 7 heteroatoms. The normalized spacial score (nSPS) is 11.0. The molecule has 0 aliphatic carbocycles. The number of H-pyrrole nitrogens is 1. The maximum Gasteiger partial charge on any atom is 0.244 e. The van der Waals surface area contributed by atoms with Crippen LogP contribution < -0.4 is 10.2 Å². The summed E-state index contributed by atoms with van der Waals surface area (Å²) in [5.74, 6) is 0.522. The Bertz CT molecular complexity index is 683. The van der Waals surface area contributed by atoms with Crippen molar-refractivity contribution in [3.05, 3.63) is 41.0 Å². The van der Waals surface area contributed by atoms with E-state index in [2.05, 4.69) is 25.5 Å². The van der Waals surface area contributed by atoms with Crippen LogP contribution in [0.4, 0.5) is 5.95 Å². The van der Waals surface area contributed by atoms with Gasteiger partial charge in [0.2, 0.25) is 11.9 Å². The Balaban J connectivity index is 1.74. The number of amides is 1. The third-order valence-corrected chi connectivity index (χ3v) is 3.67. The largest absolute Gasteiger partial charge is 0.353 e. The molecule has 2 aromatic heterocycles. The molecule has 2 aromatic rings. The zero-order chi connectivity index (χ0) is 17.5. The fourth-order valence-electron chi connectivity index (χ4n) is 2.30. The molecular formula is C17H24N6O. The number of anilines is 1. The molecule has 0 aromatic carbocycles. The van der Waals surface area contributed by atoms with Gasteiger partial charge in [0.15, 0.2) is 0 Å². The molecule has 0 saturated heterocycles. The lowest BCUT2D eigenvalue weighted by molar-refractivity contribution is -0.116. The first-order valence-electron chi connectivity index (χ1n) is 7.93. The van der Waals surface area contributed by atoms with E-state index in [1.54, 1.807) is 18.5 Å². The van der Waals surface area contributed by atoms with Crippen LogP contribution in [-0.4, -0.2) is 46.7 Å². The van der Waals surface area contributed by atoms with E-state index in [0.29, 0.717) is 12.5 Å². The Hall–Kier alpha value is -2.70. The molecule has 0 aliphatic rings. The van der Waals surface area contributed by atoms with Gasteiger partial charge in [0.25, 0.3) is 0 Å². The molecular weight excluding hydrogens is 304 g/mol. The SMILES string of the molecule is Cc1n[nH]c(C)c1CCCNC(=O)/C=C/c1cnc(N(C)C)nc1. The Morgan fingerprint density at radius 2 is 2.00 bits per heavy atom. The molecule has 0 bridgehead atoms. The highest BCUT2D eigenvalue weighted by Gasteiger charge is 2.05. The lowest BCUT2D eigenvalue weighted by Gasteiger charge is -2.08. The summed E-state index contributed by atoms with van der Waals surface area (Å²) in [6.07, 6.45) is 8.37. The monoisotopic (exact) mass is 328 g/mol. The van der Waals surface area contributed by atoms with Crippen LogP contribution in [0.25, 0.3) is 6.08 Å². The van der Waals surface area contributed by atoms with Crippen LogP contribution >= 0.6 is 0 Å². The highest BCUT2D eigenvalue weighted by molar-refractivity contribution is 5.91. The summed E-state index contributed by atoms with van der Waals surface area (Å²) in [6.45, 7) is 4.63. The van der Waals surface area contributed by atoms with E-state index < -0.39 is 0 Å². The smallest absolute Gasteiger partial charge is 0.244 e. The molecule has 2 rings (SSSR count). The van der Waals surface area contributed by atoms with Crippen molar-refractivity contribution in [3.63, 3.8) is 0 Å². The van der Waals surface area contributed by atoms with E-state index in [1.165, 1.54) is 11.6 Å². The van der Waals surface area contributed by atoms with Gasteiger partial charge in [-0.2, -0.15) is 5.10 Å². The van der Waals surface area contributed by atoms with Crippen molar-refractivity contribution in [2.45, 2.75) is 26.7 Å². The second kappa shape index (κ2) is 8.24. The van der Waals surface area contributed by atoms with Crippen LogP contribution in [-0.2, 0) is 11.2 Å². The number of hydrogen-bond acceptors (Lipinski definition) is 5. The molecule has 128 valence electrons. The Morgan fingerprint density at radius 3 is 2.58 bits per heavy atom. The minimum absolute atomic E-state index is 0.118. The van der Waals surface area contributed by atoms with Crippen molar-refractivity contribution < 1.29 is 4.79 Å². The summed E-state index contributed by atoms with van der Waals surface area (Å²) in [7, 11) is 3.76. The van der Waals surface area contributed by atoms with E-state index in [9.17, 15) is 4.79 Å². The molecule has 0 spiro atoms. The second-order valence-corrected chi connectivity index (χ2v) is 5.85. The predicted octanol–water partition coefficient (Wildman–Crippen LogP) is 1.64. The topological polar surface area (TPSA) is 86.8 Å². The summed E-state index contributed by atoms with van der Waals surface area (Å²) >= 11 is 0. The van der Waals surface area contributed by atoms with Gasteiger partial charge < -0.3 is 10.2 Å². The fraction of sp³-hybridized carbons (Fsp3) is 0.412. The van der Waals surface area contributed by atoms with E-state index in [-0.39, 0.29) is 5.91 Å². The molecule has 0 aliphatic heterocycles. The average Bonchev–Trinajstić information content (AvgIpc) is 2.88. The molecule has 0 unspecified atom stereocenters. The van der Waals surface area contributed by atoms with Gasteiger partial charge >= 0.3 is 0 Å². The molecule has 2 N–H and O–H groups in total. The van der Waals surface area contributed by atoms with Gasteiger partial charge in [0.05, 0.1) is 5.69 Å². The minimum atomic E-state index is -0.118. The number of carbonyl (C=O) groups is 1. The summed E-state index contributed by atoms with van der Waals surface area (Å²) in [5, 5.41) is 10.0. The first kappa shape index (κ1) is 17.7. The zero-order valence-corrected chi connectivity index (χ0v) is 14.6. The average molecular weight is 328 g/mol. The molecule has 24 heavy (non-hydrogen) atoms. The maximum atomic E-state index is 11.8. The van der Waals surface area contributed by atoms with Crippen LogP contribution in [0.3, 0.4) is 0 Å². The van der Waals surface area contributed by atoms with Gasteiger partial charge in [-0.05, 0) is 38.3 Å². The summed E-state index contributed by atoms with van der Waals surface area (Å²) in [4.78, 5) is 22.0. The van der Waals surface area contributed by atoms with Gasteiger partial charge in [0, 0.05) is 50.4 Å². The number of aromatic amines is 1. The number of carbonyl (C=O) groups excluding carboxylic acids is 1. The third kappa shape index (κ3) is 4.91. The quantitative estimate of drug-likeness (QED) is 0.596. The van der Waals surface area contributed by atoms with Crippen LogP contribution in [0.2, 0.25) is 0 Å². The van der Waals surface area contributed by atoms with Crippen molar-refractivity contribution in [2.75, 3.05) is 25.5 Å². The lowest BCUT2D eigenvalue weighted by atomic mass is 10.1. The number of rotatable bonds is 7.